The lowest BCUT2D eigenvalue weighted by Crippen LogP contribution is -2.47. The van der Waals surface area contributed by atoms with E-state index in [1.165, 1.54) is 22.9 Å². The number of likely N-dealkylation sites (tertiary alicyclic amines) is 1. The number of carbonyl (C=O) groups excluding carboxylic acids is 1. The van der Waals surface area contributed by atoms with Crippen LogP contribution in [-0.2, 0) is 10.3 Å². The van der Waals surface area contributed by atoms with Crippen LogP contribution in [0.5, 0.6) is 0 Å². The molecule has 1 fully saturated rings. The molecule has 0 bridgehead atoms. The van der Waals surface area contributed by atoms with Gasteiger partial charge in [-0.3, -0.25) is 4.68 Å². The lowest BCUT2D eigenvalue weighted by molar-refractivity contribution is 0.0601. The zero-order valence-electron chi connectivity index (χ0n) is 12.2. The van der Waals surface area contributed by atoms with Crippen LogP contribution in [0.15, 0.2) is 6.20 Å². The zero-order valence-corrected chi connectivity index (χ0v) is 12.2. The third-order valence-electron chi connectivity index (χ3n) is 4.01. The Balaban J connectivity index is 2.32. The number of hydrogen-bond acceptors (Lipinski definition) is 6. The summed E-state index contributed by atoms with van der Waals surface area (Å²) in [5.74, 6) is -0.566. The number of nitriles is 1. The highest BCUT2D eigenvalue weighted by atomic mass is 16.5. The summed E-state index contributed by atoms with van der Waals surface area (Å²) in [5.41, 5.74) is 5.21. The predicted octanol–water partition coefficient (Wildman–Crippen LogP) is 0.635. The summed E-state index contributed by atoms with van der Waals surface area (Å²) in [6, 6.07) is 2.11. The number of aromatic nitrogens is 2. The van der Waals surface area contributed by atoms with Crippen LogP contribution in [0.2, 0.25) is 0 Å². The van der Waals surface area contributed by atoms with Gasteiger partial charge in [0.2, 0.25) is 0 Å². The van der Waals surface area contributed by atoms with Crippen molar-refractivity contribution >= 4 is 17.9 Å². The SMILES string of the molecule is COC(=O)c1cn(C2(CC#N)CCN(C(=O)O)CC2)nc1N. The molecular weight excluding hydrogens is 290 g/mol. The lowest BCUT2D eigenvalue weighted by atomic mass is 9.85. The highest BCUT2D eigenvalue weighted by Crippen LogP contribution is 2.34. The number of rotatable bonds is 3. The average Bonchev–Trinajstić information content (AvgIpc) is 2.90. The van der Waals surface area contributed by atoms with E-state index in [-0.39, 0.29) is 17.8 Å². The average molecular weight is 307 g/mol. The van der Waals surface area contributed by atoms with Crippen molar-refractivity contribution in [2.24, 2.45) is 0 Å². The topological polar surface area (TPSA) is 134 Å². The molecule has 1 saturated heterocycles. The fraction of sp³-hybridized carbons (Fsp3) is 0.538. The number of nitrogens with two attached hydrogens (primary N) is 1. The molecule has 1 aliphatic rings. The van der Waals surface area contributed by atoms with Gasteiger partial charge in [-0.25, -0.2) is 9.59 Å². The van der Waals surface area contributed by atoms with E-state index in [1.54, 1.807) is 0 Å². The van der Waals surface area contributed by atoms with Crippen LogP contribution in [0.25, 0.3) is 0 Å². The second kappa shape index (κ2) is 5.93. The number of ether oxygens (including phenoxy) is 1. The molecule has 1 aromatic rings. The molecule has 0 saturated carbocycles. The minimum Gasteiger partial charge on any atom is -0.465 e. The summed E-state index contributed by atoms with van der Waals surface area (Å²) in [6.45, 7) is 0.592. The summed E-state index contributed by atoms with van der Waals surface area (Å²) in [6.07, 6.45) is 1.49. The molecule has 0 radical (unpaired) electrons. The number of nitrogens with zero attached hydrogens (tertiary/aromatic N) is 4. The van der Waals surface area contributed by atoms with E-state index in [0.717, 1.165) is 0 Å². The molecule has 0 aromatic carbocycles. The van der Waals surface area contributed by atoms with Gasteiger partial charge in [0.1, 0.15) is 5.56 Å². The van der Waals surface area contributed by atoms with Gasteiger partial charge in [0.25, 0.3) is 0 Å². The van der Waals surface area contributed by atoms with Crippen LogP contribution >= 0.6 is 0 Å². The molecule has 0 spiro atoms. The van der Waals surface area contributed by atoms with Crippen LogP contribution in [-0.4, -0.2) is 52.0 Å². The molecule has 0 unspecified atom stereocenters. The predicted molar refractivity (Wildman–Crippen MR) is 75.0 cm³/mol. The van der Waals surface area contributed by atoms with Crippen molar-refractivity contribution in [3.8, 4) is 6.07 Å². The maximum Gasteiger partial charge on any atom is 0.407 e. The number of anilines is 1. The molecule has 9 heteroatoms. The lowest BCUT2D eigenvalue weighted by Gasteiger charge is -2.39. The second-order valence-corrected chi connectivity index (χ2v) is 5.19. The van der Waals surface area contributed by atoms with E-state index < -0.39 is 17.6 Å². The first-order chi connectivity index (χ1) is 10.4. The first-order valence-corrected chi connectivity index (χ1v) is 6.72. The maximum atomic E-state index is 11.6. The highest BCUT2D eigenvalue weighted by molar-refractivity contribution is 5.93. The van der Waals surface area contributed by atoms with Crippen molar-refractivity contribution < 1.29 is 19.4 Å². The molecule has 22 heavy (non-hydrogen) atoms. The maximum absolute atomic E-state index is 11.6. The molecule has 2 heterocycles. The van der Waals surface area contributed by atoms with Gasteiger partial charge in [-0.15, -0.1) is 0 Å². The van der Waals surface area contributed by atoms with Crippen molar-refractivity contribution in [3.63, 3.8) is 0 Å². The Morgan fingerprint density at radius 3 is 2.68 bits per heavy atom. The van der Waals surface area contributed by atoms with Crippen LogP contribution in [0.3, 0.4) is 0 Å². The minimum atomic E-state index is -0.985. The van der Waals surface area contributed by atoms with Crippen molar-refractivity contribution in [1.82, 2.24) is 14.7 Å². The largest absolute Gasteiger partial charge is 0.465 e. The highest BCUT2D eigenvalue weighted by Gasteiger charge is 2.39. The Morgan fingerprint density at radius 1 is 1.55 bits per heavy atom. The number of piperidine rings is 1. The van der Waals surface area contributed by atoms with Gasteiger partial charge in [-0.2, -0.15) is 10.4 Å². The number of amides is 1. The molecule has 1 aliphatic heterocycles. The fourth-order valence-corrected chi connectivity index (χ4v) is 2.65. The van der Waals surface area contributed by atoms with Crippen molar-refractivity contribution in [2.45, 2.75) is 24.8 Å². The van der Waals surface area contributed by atoms with Gasteiger partial charge >= 0.3 is 12.1 Å². The number of carboxylic acid groups (broad SMARTS) is 1. The van der Waals surface area contributed by atoms with Crippen LogP contribution in [0.1, 0.15) is 29.6 Å². The normalized spacial score (nSPS) is 16.8. The zero-order chi connectivity index (χ0) is 16.3. The Kier molecular flexibility index (Phi) is 4.21. The Bertz CT molecular complexity index is 625. The molecule has 2 rings (SSSR count). The third kappa shape index (κ3) is 2.67. The number of carbonyl (C=O) groups is 2. The van der Waals surface area contributed by atoms with E-state index in [9.17, 15) is 9.59 Å². The van der Waals surface area contributed by atoms with Gasteiger partial charge in [0.05, 0.1) is 25.1 Å². The fourth-order valence-electron chi connectivity index (χ4n) is 2.65. The first-order valence-electron chi connectivity index (χ1n) is 6.72. The Morgan fingerprint density at radius 2 is 2.18 bits per heavy atom. The molecule has 0 aliphatic carbocycles. The standard InChI is InChI=1S/C13H17N5O4/c1-22-11(19)9-8-18(16-10(9)15)13(2-5-14)3-6-17(7-4-13)12(20)21/h8H,2-4,6-7H2,1H3,(H2,15,16)(H,20,21). The molecule has 1 amide bonds. The second-order valence-electron chi connectivity index (χ2n) is 5.19. The van der Waals surface area contributed by atoms with Gasteiger partial charge in [0.15, 0.2) is 5.82 Å². The van der Waals surface area contributed by atoms with Gasteiger partial charge in [-0.1, -0.05) is 0 Å². The number of hydrogen-bond donors (Lipinski definition) is 2. The van der Waals surface area contributed by atoms with Crippen LogP contribution in [0, 0.1) is 11.3 Å². The molecule has 118 valence electrons. The van der Waals surface area contributed by atoms with Crippen LogP contribution in [0.4, 0.5) is 10.6 Å². The summed E-state index contributed by atoms with van der Waals surface area (Å²) < 4.78 is 6.15. The van der Waals surface area contributed by atoms with E-state index >= 15 is 0 Å². The molecule has 9 nitrogen and oxygen atoms in total. The van der Waals surface area contributed by atoms with Crippen LogP contribution < -0.4 is 5.73 Å². The molecule has 0 atom stereocenters. The minimum absolute atomic E-state index is 0.0322. The summed E-state index contributed by atoms with van der Waals surface area (Å²) in [4.78, 5) is 23.9. The van der Waals surface area contributed by atoms with Crippen molar-refractivity contribution in [2.75, 3.05) is 25.9 Å². The quantitative estimate of drug-likeness (QED) is 0.782. The Hall–Kier alpha value is -2.76. The van der Waals surface area contributed by atoms with Crippen molar-refractivity contribution in [3.05, 3.63) is 11.8 Å². The van der Waals surface area contributed by atoms with E-state index in [4.69, 9.17) is 16.1 Å². The Labute approximate surface area is 126 Å². The van der Waals surface area contributed by atoms with Crippen molar-refractivity contribution in [1.29, 1.82) is 5.26 Å². The van der Waals surface area contributed by atoms with E-state index in [1.807, 2.05) is 0 Å². The van der Waals surface area contributed by atoms with Gasteiger partial charge < -0.3 is 20.5 Å². The summed E-state index contributed by atoms with van der Waals surface area (Å²) in [7, 11) is 1.25. The van der Waals surface area contributed by atoms with Gasteiger partial charge in [0, 0.05) is 19.3 Å². The number of nitrogen functional groups attached to an aromatic ring is 1. The van der Waals surface area contributed by atoms with E-state index in [2.05, 4.69) is 15.9 Å². The monoisotopic (exact) mass is 307 g/mol. The molecule has 1 aromatic heterocycles. The summed E-state index contributed by atoms with van der Waals surface area (Å²) >= 11 is 0. The summed E-state index contributed by atoms with van der Waals surface area (Å²) in [5, 5.41) is 22.3. The number of esters is 1. The smallest absolute Gasteiger partial charge is 0.407 e. The molecule has 3 N–H and O–H groups in total. The molecular formula is C13H17N5O4. The third-order valence-corrected chi connectivity index (χ3v) is 4.01. The van der Waals surface area contributed by atoms with Gasteiger partial charge in [-0.05, 0) is 12.8 Å². The first kappa shape index (κ1) is 15.6. The number of methoxy groups -OCH3 is 1. The van der Waals surface area contributed by atoms with E-state index in [0.29, 0.717) is 25.9 Å².